The normalized spacial score (nSPS) is 13.9. The number of nitrogens with zero attached hydrogens (tertiary/aromatic N) is 1. The fourth-order valence-electron chi connectivity index (χ4n) is 4.77. The van der Waals surface area contributed by atoms with Crippen LogP contribution in [0.2, 0.25) is 0 Å². The van der Waals surface area contributed by atoms with Crippen LogP contribution in [0.25, 0.3) is 0 Å². The van der Waals surface area contributed by atoms with Gasteiger partial charge in [-0.25, -0.2) is 0 Å². The number of esters is 2. The van der Waals surface area contributed by atoms with Gasteiger partial charge in [0.15, 0.2) is 6.10 Å². The monoisotopic (exact) mass is 649 g/mol. The molecule has 0 N–H and O–H groups in total. The number of rotatable bonds is 32. The van der Waals surface area contributed by atoms with Crippen molar-refractivity contribution in [1.82, 2.24) is 0 Å². The summed E-state index contributed by atoms with van der Waals surface area (Å²) in [6.07, 6.45) is 22.9. The zero-order chi connectivity index (χ0) is 32.9. The van der Waals surface area contributed by atoms with Gasteiger partial charge in [-0.15, -0.1) is 0 Å². The van der Waals surface area contributed by atoms with Crippen LogP contribution in [-0.2, 0) is 32.7 Å². The zero-order valence-corrected chi connectivity index (χ0v) is 30.0. The van der Waals surface area contributed by atoms with Crippen LogP contribution in [0.3, 0.4) is 0 Å². The first-order chi connectivity index (χ1) is 21.0. The molecule has 0 heterocycles. The fraction of sp³-hybridized carbons (Fsp3) is 0.941. The minimum Gasteiger partial charge on any atom is -0.756 e. The lowest BCUT2D eigenvalue weighted by Crippen LogP contribution is -2.37. The van der Waals surface area contributed by atoms with Gasteiger partial charge in [0.2, 0.25) is 0 Å². The molecule has 0 spiro atoms. The van der Waals surface area contributed by atoms with Crippen molar-refractivity contribution in [2.24, 2.45) is 0 Å². The summed E-state index contributed by atoms with van der Waals surface area (Å²) in [4.78, 5) is 37.0. The third kappa shape index (κ3) is 31.0. The van der Waals surface area contributed by atoms with E-state index in [0.29, 0.717) is 17.4 Å². The Morgan fingerprint density at radius 1 is 0.614 bits per heavy atom. The lowest BCUT2D eigenvalue weighted by atomic mass is 10.0. The third-order valence-corrected chi connectivity index (χ3v) is 8.59. The van der Waals surface area contributed by atoms with Crippen molar-refractivity contribution in [2.45, 2.75) is 161 Å². The van der Waals surface area contributed by atoms with Crippen molar-refractivity contribution in [3.63, 3.8) is 0 Å². The predicted molar refractivity (Wildman–Crippen MR) is 176 cm³/mol. The summed E-state index contributed by atoms with van der Waals surface area (Å²) in [5.74, 6) is -0.836. The minimum absolute atomic E-state index is 0.0267. The first-order valence-corrected chi connectivity index (χ1v) is 19.2. The Bertz CT molecular complexity index is 743. The molecule has 0 aromatic heterocycles. The highest BCUT2D eigenvalue weighted by Crippen LogP contribution is 2.38. The number of carbonyl (C=O) groups is 2. The summed E-state index contributed by atoms with van der Waals surface area (Å²) in [5, 5.41) is 0. The maximum absolute atomic E-state index is 12.5. The molecule has 262 valence electrons. The highest BCUT2D eigenvalue weighted by molar-refractivity contribution is 7.45. The van der Waals surface area contributed by atoms with Crippen LogP contribution in [-0.4, -0.2) is 70.0 Å². The number of unbranched alkanes of at least 4 members (excludes halogenated alkanes) is 18. The van der Waals surface area contributed by atoms with Crippen LogP contribution in [0, 0.1) is 0 Å². The van der Waals surface area contributed by atoms with E-state index in [0.717, 1.165) is 38.5 Å². The summed E-state index contributed by atoms with van der Waals surface area (Å²) in [6.45, 7) is 4.16. The lowest BCUT2D eigenvalue weighted by Gasteiger charge is -2.28. The van der Waals surface area contributed by atoms with Gasteiger partial charge in [-0.05, 0) is 12.8 Å². The van der Waals surface area contributed by atoms with Crippen LogP contribution in [0.5, 0.6) is 0 Å². The molecule has 0 saturated heterocycles. The number of ether oxygens (including phenoxy) is 2. The van der Waals surface area contributed by atoms with Gasteiger partial charge >= 0.3 is 11.9 Å². The Balaban J connectivity index is 4.39. The molecule has 0 bridgehead atoms. The average Bonchev–Trinajstić information content (AvgIpc) is 2.95. The Morgan fingerprint density at radius 3 is 1.45 bits per heavy atom. The highest BCUT2D eigenvalue weighted by atomic mass is 31.2. The van der Waals surface area contributed by atoms with Crippen molar-refractivity contribution in [2.75, 3.05) is 47.5 Å². The molecule has 0 aromatic rings. The summed E-state index contributed by atoms with van der Waals surface area (Å²) < 4.78 is 33.5. The second kappa shape index (κ2) is 28.3. The summed E-state index contributed by atoms with van der Waals surface area (Å²) in [6, 6.07) is 0. The summed E-state index contributed by atoms with van der Waals surface area (Å²) in [7, 11) is 1.17. The van der Waals surface area contributed by atoms with Gasteiger partial charge in [0.25, 0.3) is 7.82 Å². The Morgan fingerprint density at radius 2 is 1.02 bits per heavy atom. The van der Waals surface area contributed by atoms with Gasteiger partial charge in [-0.1, -0.05) is 129 Å². The molecule has 0 radical (unpaired) electrons. The number of likely N-dealkylation sites (N-methyl/N-ethyl adjacent to an activating group) is 1. The molecule has 0 rings (SSSR count). The van der Waals surface area contributed by atoms with E-state index in [9.17, 15) is 19.0 Å². The molecule has 0 aliphatic carbocycles. The molecule has 0 fully saturated rings. The Labute approximate surface area is 270 Å². The second-order valence-electron chi connectivity index (χ2n) is 13.2. The third-order valence-electron chi connectivity index (χ3n) is 7.63. The molecule has 44 heavy (non-hydrogen) atoms. The van der Waals surface area contributed by atoms with Gasteiger partial charge in [0, 0.05) is 12.8 Å². The fourth-order valence-corrected chi connectivity index (χ4v) is 5.50. The second-order valence-corrected chi connectivity index (χ2v) is 14.7. The molecular formula is C34H68NO8P. The van der Waals surface area contributed by atoms with E-state index in [1.807, 2.05) is 21.1 Å². The van der Waals surface area contributed by atoms with Crippen molar-refractivity contribution in [3.05, 3.63) is 0 Å². The van der Waals surface area contributed by atoms with E-state index < -0.39 is 26.5 Å². The smallest absolute Gasteiger partial charge is 0.306 e. The van der Waals surface area contributed by atoms with E-state index in [-0.39, 0.29) is 32.0 Å². The maximum Gasteiger partial charge on any atom is 0.306 e. The molecular weight excluding hydrogens is 581 g/mol. The van der Waals surface area contributed by atoms with Crippen LogP contribution in [0.4, 0.5) is 0 Å². The van der Waals surface area contributed by atoms with Gasteiger partial charge < -0.3 is 27.9 Å². The molecule has 0 amide bonds. The molecule has 10 heteroatoms. The average molecular weight is 650 g/mol. The molecule has 1 unspecified atom stereocenters. The molecule has 0 aromatic carbocycles. The lowest BCUT2D eigenvalue weighted by molar-refractivity contribution is -0.870. The zero-order valence-electron chi connectivity index (χ0n) is 29.1. The van der Waals surface area contributed by atoms with E-state index >= 15 is 0 Å². The minimum atomic E-state index is -4.60. The number of carbonyl (C=O) groups excluding carboxylic acids is 2. The van der Waals surface area contributed by atoms with Gasteiger partial charge in [-0.2, -0.15) is 0 Å². The van der Waals surface area contributed by atoms with E-state index in [4.69, 9.17) is 18.5 Å². The summed E-state index contributed by atoms with van der Waals surface area (Å²) >= 11 is 0. The topological polar surface area (TPSA) is 111 Å². The van der Waals surface area contributed by atoms with Crippen LogP contribution < -0.4 is 4.89 Å². The number of quaternary nitrogens is 1. The van der Waals surface area contributed by atoms with E-state index in [1.54, 1.807) is 0 Å². The van der Waals surface area contributed by atoms with E-state index in [2.05, 4.69) is 13.8 Å². The Kier molecular flexibility index (Phi) is 27.6. The van der Waals surface area contributed by atoms with Gasteiger partial charge in [-0.3, -0.25) is 14.2 Å². The van der Waals surface area contributed by atoms with Crippen LogP contribution in [0.15, 0.2) is 0 Å². The first kappa shape index (κ1) is 43.0. The number of phosphoric ester groups is 1. The van der Waals surface area contributed by atoms with Crippen molar-refractivity contribution in [3.8, 4) is 0 Å². The van der Waals surface area contributed by atoms with Crippen LogP contribution >= 0.6 is 7.82 Å². The quantitative estimate of drug-likeness (QED) is 0.0310. The largest absolute Gasteiger partial charge is 0.756 e. The van der Waals surface area contributed by atoms with E-state index in [1.165, 1.54) is 83.5 Å². The van der Waals surface area contributed by atoms with Crippen molar-refractivity contribution < 1.29 is 42.1 Å². The van der Waals surface area contributed by atoms with Gasteiger partial charge in [0.05, 0.1) is 27.7 Å². The molecule has 2 atom stereocenters. The Hall–Kier alpha value is -0.990. The predicted octanol–water partition coefficient (Wildman–Crippen LogP) is 8.27. The van der Waals surface area contributed by atoms with Crippen molar-refractivity contribution >= 4 is 19.8 Å². The SMILES string of the molecule is CCCCCCCCCCCCCCCC(=O)OC[C@H](COP(=O)([O-])OCC[N+](C)(C)C)OC(=O)CCCCCCCCC. The summed E-state index contributed by atoms with van der Waals surface area (Å²) in [5.41, 5.74) is 0. The molecule has 9 nitrogen and oxygen atoms in total. The van der Waals surface area contributed by atoms with Gasteiger partial charge in [0.1, 0.15) is 19.8 Å². The standard InChI is InChI=1S/C34H68NO8P/c1-6-8-10-12-14-15-16-17-18-19-21-22-24-26-33(36)40-30-32(31-42-44(38,39)41-29-28-35(3,4)5)43-34(37)27-25-23-20-13-11-9-7-2/h32H,6-31H2,1-5H3/t32-/m1/s1. The molecule has 0 aliphatic rings. The van der Waals surface area contributed by atoms with Crippen molar-refractivity contribution in [1.29, 1.82) is 0 Å². The number of hydrogen-bond acceptors (Lipinski definition) is 8. The maximum atomic E-state index is 12.5. The molecule has 0 saturated carbocycles. The first-order valence-electron chi connectivity index (χ1n) is 17.7. The molecule has 0 aliphatic heterocycles. The van der Waals surface area contributed by atoms with Crippen LogP contribution in [0.1, 0.15) is 155 Å². The number of hydrogen-bond donors (Lipinski definition) is 0. The number of phosphoric acid groups is 1. The highest BCUT2D eigenvalue weighted by Gasteiger charge is 2.21.